The molecule has 0 spiro atoms. The van der Waals surface area contributed by atoms with E-state index in [9.17, 15) is 13.2 Å². The Morgan fingerprint density at radius 2 is 1.92 bits per heavy atom. The van der Waals surface area contributed by atoms with E-state index in [1.54, 1.807) is 13.0 Å². The maximum absolute atomic E-state index is 12.5. The quantitative estimate of drug-likeness (QED) is 0.844. The number of anilines is 2. The third kappa shape index (κ3) is 3.28. The average molecular weight is 387 g/mol. The van der Waals surface area contributed by atoms with Gasteiger partial charge in [-0.2, -0.15) is 0 Å². The lowest BCUT2D eigenvalue weighted by molar-refractivity contribution is -0.122. The summed E-state index contributed by atoms with van der Waals surface area (Å²) in [5.41, 5.74) is 0.453. The van der Waals surface area contributed by atoms with Crippen LogP contribution in [-0.4, -0.2) is 20.4 Å². The first kappa shape index (κ1) is 16.9. The molecule has 1 unspecified atom stereocenters. The van der Waals surface area contributed by atoms with Crippen LogP contribution in [-0.2, 0) is 14.8 Å². The Morgan fingerprint density at radius 3 is 2.67 bits per heavy atom. The molecule has 1 aliphatic heterocycles. The maximum Gasteiger partial charge on any atom is 0.265 e. The second kappa shape index (κ2) is 6.16. The van der Waals surface area contributed by atoms with E-state index >= 15 is 0 Å². The summed E-state index contributed by atoms with van der Waals surface area (Å²) in [5, 5.41) is 3.16. The second-order valence-corrected chi connectivity index (χ2v) is 7.66. The second-order valence-electron chi connectivity index (χ2n) is 5.14. The molecule has 24 heavy (non-hydrogen) atoms. The van der Waals surface area contributed by atoms with E-state index in [1.165, 1.54) is 30.3 Å². The number of amides is 1. The third-order valence-electron chi connectivity index (χ3n) is 3.36. The normalized spacial score (nSPS) is 16.8. The Bertz CT molecular complexity index is 931. The minimum Gasteiger partial charge on any atom is -0.479 e. The fourth-order valence-electron chi connectivity index (χ4n) is 2.13. The first-order chi connectivity index (χ1) is 11.3. The van der Waals surface area contributed by atoms with E-state index < -0.39 is 16.1 Å². The standard InChI is InChI=1S/C15H12Cl2N2O4S/c1-8-15(20)18-13-7-10(3-5-14(13)23-8)24(21,22)19-12-6-9(16)2-4-11(12)17/h2-8,19H,1H3,(H,18,20). The summed E-state index contributed by atoms with van der Waals surface area (Å²) < 4.78 is 32.8. The average Bonchev–Trinajstić information content (AvgIpc) is 2.51. The Labute approximate surface area is 148 Å². The SMILES string of the molecule is CC1Oc2ccc(S(=O)(=O)Nc3cc(Cl)ccc3Cl)cc2NC1=O. The van der Waals surface area contributed by atoms with Gasteiger partial charge in [-0.1, -0.05) is 23.2 Å². The summed E-state index contributed by atoms with van der Waals surface area (Å²) >= 11 is 11.8. The molecule has 0 bridgehead atoms. The van der Waals surface area contributed by atoms with E-state index in [-0.39, 0.29) is 27.2 Å². The fraction of sp³-hybridized carbons (Fsp3) is 0.133. The van der Waals surface area contributed by atoms with Crippen molar-refractivity contribution in [2.75, 3.05) is 10.0 Å². The maximum atomic E-state index is 12.5. The third-order valence-corrected chi connectivity index (χ3v) is 5.29. The Hall–Kier alpha value is -1.96. The summed E-state index contributed by atoms with van der Waals surface area (Å²) in [5.74, 6) is 0.0599. The molecule has 2 aromatic rings. The van der Waals surface area contributed by atoms with E-state index in [2.05, 4.69) is 10.0 Å². The van der Waals surface area contributed by atoms with Crippen LogP contribution < -0.4 is 14.8 Å². The molecule has 1 amide bonds. The van der Waals surface area contributed by atoms with Gasteiger partial charge in [0, 0.05) is 5.02 Å². The van der Waals surface area contributed by atoms with E-state index in [0.717, 1.165) is 0 Å². The molecule has 0 aliphatic carbocycles. The van der Waals surface area contributed by atoms with Gasteiger partial charge >= 0.3 is 0 Å². The van der Waals surface area contributed by atoms with Gasteiger partial charge < -0.3 is 10.1 Å². The highest BCUT2D eigenvalue weighted by Crippen LogP contribution is 2.33. The van der Waals surface area contributed by atoms with Crippen LogP contribution in [0.4, 0.5) is 11.4 Å². The predicted molar refractivity (Wildman–Crippen MR) is 92.4 cm³/mol. The number of benzene rings is 2. The summed E-state index contributed by atoms with van der Waals surface area (Å²) in [6.45, 7) is 1.60. The van der Waals surface area contributed by atoms with Crippen LogP contribution >= 0.6 is 23.2 Å². The molecule has 3 rings (SSSR count). The smallest absolute Gasteiger partial charge is 0.265 e. The number of hydrogen-bond donors (Lipinski definition) is 2. The zero-order valence-corrected chi connectivity index (χ0v) is 14.7. The number of carbonyl (C=O) groups is 1. The van der Waals surface area contributed by atoms with Crippen molar-refractivity contribution in [3.63, 3.8) is 0 Å². The van der Waals surface area contributed by atoms with Crippen LogP contribution in [0.15, 0.2) is 41.3 Å². The first-order valence-corrected chi connectivity index (χ1v) is 9.09. The molecule has 1 heterocycles. The number of halogens is 2. The Balaban J connectivity index is 1.95. The topological polar surface area (TPSA) is 84.5 Å². The molecule has 6 nitrogen and oxygen atoms in total. The Kier molecular flexibility index (Phi) is 4.33. The van der Waals surface area contributed by atoms with Gasteiger partial charge in [0.1, 0.15) is 5.75 Å². The number of hydrogen-bond acceptors (Lipinski definition) is 4. The molecule has 0 saturated carbocycles. The molecule has 0 radical (unpaired) electrons. The fourth-order valence-corrected chi connectivity index (χ4v) is 3.62. The molecule has 0 fully saturated rings. The number of sulfonamides is 1. The van der Waals surface area contributed by atoms with Crippen molar-refractivity contribution >= 4 is 50.5 Å². The van der Waals surface area contributed by atoms with Crippen LogP contribution in [0.2, 0.25) is 10.0 Å². The van der Waals surface area contributed by atoms with Crippen LogP contribution in [0.5, 0.6) is 5.75 Å². The molecular formula is C15H12Cl2N2O4S. The molecule has 2 aromatic carbocycles. The lowest BCUT2D eigenvalue weighted by atomic mass is 10.2. The van der Waals surface area contributed by atoms with E-state index in [4.69, 9.17) is 27.9 Å². The van der Waals surface area contributed by atoms with Crippen LogP contribution in [0.1, 0.15) is 6.92 Å². The van der Waals surface area contributed by atoms with Crippen molar-refractivity contribution in [3.8, 4) is 5.75 Å². The zero-order valence-electron chi connectivity index (χ0n) is 12.3. The molecule has 0 aromatic heterocycles. The molecular weight excluding hydrogens is 375 g/mol. The summed E-state index contributed by atoms with van der Waals surface area (Å²) in [6.07, 6.45) is -0.636. The highest BCUT2D eigenvalue weighted by atomic mass is 35.5. The number of rotatable bonds is 3. The number of nitrogens with one attached hydrogen (secondary N) is 2. The number of carbonyl (C=O) groups excluding carboxylic acids is 1. The minimum absolute atomic E-state index is 0.0456. The van der Waals surface area contributed by atoms with Gasteiger partial charge in [0.2, 0.25) is 0 Å². The predicted octanol–water partition coefficient (Wildman–Crippen LogP) is 3.51. The van der Waals surface area contributed by atoms with Gasteiger partial charge in [0.15, 0.2) is 6.10 Å². The van der Waals surface area contributed by atoms with Gasteiger partial charge in [0.05, 0.1) is 21.3 Å². The summed E-state index contributed by atoms with van der Waals surface area (Å²) in [6, 6.07) is 8.63. The van der Waals surface area contributed by atoms with Gasteiger partial charge in [-0.15, -0.1) is 0 Å². The van der Waals surface area contributed by atoms with Crippen molar-refractivity contribution < 1.29 is 17.9 Å². The van der Waals surface area contributed by atoms with Gasteiger partial charge in [0.25, 0.3) is 15.9 Å². The first-order valence-electron chi connectivity index (χ1n) is 6.86. The molecule has 0 saturated heterocycles. The van der Waals surface area contributed by atoms with E-state index in [0.29, 0.717) is 10.8 Å². The highest BCUT2D eigenvalue weighted by Gasteiger charge is 2.26. The van der Waals surface area contributed by atoms with Gasteiger partial charge in [-0.05, 0) is 43.3 Å². The van der Waals surface area contributed by atoms with E-state index in [1.807, 2.05) is 0 Å². The lowest BCUT2D eigenvalue weighted by Crippen LogP contribution is -2.34. The van der Waals surface area contributed by atoms with Crippen LogP contribution in [0.25, 0.3) is 0 Å². The van der Waals surface area contributed by atoms with Gasteiger partial charge in [-0.25, -0.2) is 8.42 Å². The van der Waals surface area contributed by atoms with Gasteiger partial charge in [-0.3, -0.25) is 9.52 Å². The molecule has 2 N–H and O–H groups in total. The zero-order chi connectivity index (χ0) is 17.5. The number of fused-ring (bicyclic) bond motifs is 1. The molecule has 1 aliphatic rings. The molecule has 9 heteroatoms. The largest absolute Gasteiger partial charge is 0.479 e. The minimum atomic E-state index is -3.92. The highest BCUT2D eigenvalue weighted by molar-refractivity contribution is 7.92. The molecule has 126 valence electrons. The summed E-state index contributed by atoms with van der Waals surface area (Å²) in [7, 11) is -3.92. The van der Waals surface area contributed by atoms with Crippen molar-refractivity contribution in [3.05, 3.63) is 46.4 Å². The van der Waals surface area contributed by atoms with Crippen molar-refractivity contribution in [1.29, 1.82) is 0 Å². The van der Waals surface area contributed by atoms with Crippen LogP contribution in [0.3, 0.4) is 0 Å². The Morgan fingerprint density at radius 1 is 1.17 bits per heavy atom. The van der Waals surface area contributed by atoms with Crippen molar-refractivity contribution in [2.45, 2.75) is 17.9 Å². The number of ether oxygens (including phenoxy) is 1. The van der Waals surface area contributed by atoms with Crippen molar-refractivity contribution in [1.82, 2.24) is 0 Å². The lowest BCUT2D eigenvalue weighted by Gasteiger charge is -2.23. The van der Waals surface area contributed by atoms with Crippen molar-refractivity contribution in [2.24, 2.45) is 0 Å². The monoisotopic (exact) mass is 386 g/mol. The summed E-state index contributed by atoms with van der Waals surface area (Å²) in [4.78, 5) is 11.6. The molecule has 1 atom stereocenters. The van der Waals surface area contributed by atoms with Crippen LogP contribution in [0, 0.1) is 0 Å².